The van der Waals surface area contributed by atoms with Gasteiger partial charge < -0.3 is 10.5 Å². The van der Waals surface area contributed by atoms with E-state index in [2.05, 4.69) is 32.0 Å². The first-order valence-corrected chi connectivity index (χ1v) is 7.62. The zero-order chi connectivity index (χ0) is 13.5. The molecule has 0 bridgehead atoms. The van der Waals surface area contributed by atoms with Gasteiger partial charge in [-0.15, -0.1) is 0 Å². The van der Waals surface area contributed by atoms with Crippen LogP contribution >= 0.6 is 0 Å². The fourth-order valence-electron chi connectivity index (χ4n) is 3.97. The highest BCUT2D eigenvalue weighted by molar-refractivity contribution is 5.40. The van der Waals surface area contributed by atoms with Gasteiger partial charge in [0.05, 0.1) is 0 Å². The molecule has 2 nitrogen and oxygen atoms in total. The van der Waals surface area contributed by atoms with E-state index < -0.39 is 0 Å². The second-order valence-electron chi connectivity index (χ2n) is 6.46. The average molecular weight is 259 g/mol. The van der Waals surface area contributed by atoms with E-state index in [1.54, 1.807) is 0 Å². The Morgan fingerprint density at radius 2 is 1.74 bits per heavy atom. The number of hydrogen-bond donors (Lipinski definition) is 1. The van der Waals surface area contributed by atoms with E-state index in [1.807, 2.05) is 0 Å². The molecule has 3 rings (SSSR count). The highest BCUT2D eigenvalue weighted by Gasteiger charge is 2.55. The minimum Gasteiger partial charge on any atom is -0.489 e. The first-order valence-electron chi connectivity index (χ1n) is 7.62. The third kappa shape index (κ3) is 2.06. The molecule has 0 aliphatic heterocycles. The van der Waals surface area contributed by atoms with Crippen molar-refractivity contribution in [2.45, 2.75) is 64.5 Å². The number of para-hydroxylation sites is 1. The highest BCUT2D eigenvalue weighted by atomic mass is 16.5. The average Bonchev–Trinajstić information content (AvgIpc) is 2.43. The minimum atomic E-state index is 0.271. The molecule has 2 aliphatic carbocycles. The second-order valence-corrected chi connectivity index (χ2v) is 6.46. The lowest BCUT2D eigenvalue weighted by atomic mass is 9.55. The Kier molecular flexibility index (Phi) is 3.30. The largest absolute Gasteiger partial charge is 0.489 e. The predicted molar refractivity (Wildman–Crippen MR) is 78.4 cm³/mol. The van der Waals surface area contributed by atoms with Crippen molar-refractivity contribution in [1.29, 1.82) is 0 Å². The molecule has 1 aromatic rings. The van der Waals surface area contributed by atoms with Crippen LogP contribution in [0.2, 0.25) is 0 Å². The van der Waals surface area contributed by atoms with Gasteiger partial charge in [0.15, 0.2) is 0 Å². The summed E-state index contributed by atoms with van der Waals surface area (Å²) in [5, 5.41) is 0. The number of benzene rings is 1. The van der Waals surface area contributed by atoms with Crippen LogP contribution in [0.15, 0.2) is 18.2 Å². The number of nitrogens with two attached hydrogens (primary N) is 1. The third-order valence-corrected chi connectivity index (χ3v) is 5.30. The van der Waals surface area contributed by atoms with Crippen molar-refractivity contribution in [1.82, 2.24) is 0 Å². The van der Waals surface area contributed by atoms with Crippen LogP contribution in [0.25, 0.3) is 0 Å². The van der Waals surface area contributed by atoms with Crippen molar-refractivity contribution in [3.8, 4) is 5.75 Å². The fraction of sp³-hybridized carbons (Fsp3) is 0.647. The molecule has 2 N–H and O–H groups in total. The van der Waals surface area contributed by atoms with E-state index in [0.717, 1.165) is 12.2 Å². The Balaban J connectivity index is 1.80. The van der Waals surface area contributed by atoms with Crippen LogP contribution in [-0.4, -0.2) is 12.1 Å². The van der Waals surface area contributed by atoms with Crippen LogP contribution in [-0.2, 0) is 0 Å². The summed E-state index contributed by atoms with van der Waals surface area (Å²) >= 11 is 0. The van der Waals surface area contributed by atoms with Crippen LogP contribution < -0.4 is 10.5 Å². The minimum absolute atomic E-state index is 0.271. The number of hydrogen-bond acceptors (Lipinski definition) is 2. The lowest BCUT2D eigenvalue weighted by Gasteiger charge is -2.56. The summed E-state index contributed by atoms with van der Waals surface area (Å²) in [5.74, 6) is 1.09. The topological polar surface area (TPSA) is 35.2 Å². The lowest BCUT2D eigenvalue weighted by molar-refractivity contribution is -0.0903. The summed E-state index contributed by atoms with van der Waals surface area (Å²) in [6, 6.07) is 6.71. The van der Waals surface area contributed by atoms with Gasteiger partial charge >= 0.3 is 0 Å². The summed E-state index contributed by atoms with van der Waals surface area (Å²) in [4.78, 5) is 0. The smallest absolute Gasteiger partial charge is 0.125 e. The molecule has 2 atom stereocenters. The van der Waals surface area contributed by atoms with Gasteiger partial charge in [-0.25, -0.2) is 0 Å². The van der Waals surface area contributed by atoms with Crippen molar-refractivity contribution >= 4 is 0 Å². The molecule has 1 aromatic carbocycles. The molecule has 2 unspecified atom stereocenters. The van der Waals surface area contributed by atoms with Crippen molar-refractivity contribution in [3.05, 3.63) is 29.3 Å². The Bertz CT molecular complexity index is 442. The lowest BCUT2D eigenvalue weighted by Crippen LogP contribution is -2.64. The van der Waals surface area contributed by atoms with Gasteiger partial charge in [-0.3, -0.25) is 0 Å². The molecule has 104 valence electrons. The van der Waals surface area contributed by atoms with E-state index in [-0.39, 0.29) is 5.41 Å². The first-order chi connectivity index (χ1) is 9.13. The van der Waals surface area contributed by atoms with Crippen LogP contribution in [0.3, 0.4) is 0 Å². The molecule has 19 heavy (non-hydrogen) atoms. The molecule has 0 radical (unpaired) electrons. The summed E-state index contributed by atoms with van der Waals surface area (Å²) < 4.78 is 6.40. The molecule has 2 aliphatic rings. The monoisotopic (exact) mass is 259 g/mol. The maximum Gasteiger partial charge on any atom is 0.125 e. The Morgan fingerprint density at radius 3 is 2.32 bits per heavy atom. The molecule has 1 spiro atoms. The van der Waals surface area contributed by atoms with Crippen LogP contribution in [0.4, 0.5) is 0 Å². The van der Waals surface area contributed by atoms with Crippen molar-refractivity contribution in [3.63, 3.8) is 0 Å². The van der Waals surface area contributed by atoms with Crippen LogP contribution in [0.5, 0.6) is 5.75 Å². The van der Waals surface area contributed by atoms with Gasteiger partial charge in [-0.2, -0.15) is 0 Å². The molecule has 2 saturated carbocycles. The summed E-state index contributed by atoms with van der Waals surface area (Å²) in [7, 11) is 0. The van der Waals surface area contributed by atoms with E-state index in [1.165, 1.54) is 43.2 Å². The van der Waals surface area contributed by atoms with Crippen LogP contribution in [0.1, 0.15) is 49.7 Å². The molecular formula is C17H25NO. The Morgan fingerprint density at radius 1 is 1.11 bits per heavy atom. The highest BCUT2D eigenvalue weighted by Crippen LogP contribution is 2.52. The second kappa shape index (κ2) is 4.82. The summed E-state index contributed by atoms with van der Waals surface area (Å²) in [6.45, 7) is 4.27. The van der Waals surface area contributed by atoms with Crippen molar-refractivity contribution in [2.24, 2.45) is 11.1 Å². The first kappa shape index (κ1) is 13.0. The van der Waals surface area contributed by atoms with E-state index >= 15 is 0 Å². The molecule has 2 fully saturated rings. The third-order valence-electron chi connectivity index (χ3n) is 5.30. The van der Waals surface area contributed by atoms with Gasteiger partial charge in [0.25, 0.3) is 0 Å². The standard InChI is InChI=1S/C17H25NO/c1-12-7-6-8-13(2)16(12)19-15-11-14(18)17(15)9-4-3-5-10-17/h6-8,14-15H,3-5,9-11,18H2,1-2H3. The van der Waals surface area contributed by atoms with E-state index in [9.17, 15) is 0 Å². The summed E-state index contributed by atoms with van der Waals surface area (Å²) in [6.07, 6.45) is 7.87. The van der Waals surface area contributed by atoms with E-state index in [4.69, 9.17) is 10.5 Å². The molecule has 0 heterocycles. The van der Waals surface area contributed by atoms with Crippen molar-refractivity contribution < 1.29 is 4.74 Å². The number of rotatable bonds is 2. The van der Waals surface area contributed by atoms with Gasteiger partial charge in [0, 0.05) is 17.9 Å². The predicted octanol–water partition coefficient (Wildman–Crippen LogP) is 3.73. The SMILES string of the molecule is Cc1cccc(C)c1OC1CC(N)C12CCCCC2. The van der Waals surface area contributed by atoms with Crippen LogP contribution in [0, 0.1) is 19.3 Å². The Hall–Kier alpha value is -1.02. The molecule has 0 saturated heterocycles. The Labute approximate surface area is 116 Å². The molecular weight excluding hydrogens is 234 g/mol. The zero-order valence-electron chi connectivity index (χ0n) is 12.1. The normalized spacial score (nSPS) is 29.0. The van der Waals surface area contributed by atoms with Gasteiger partial charge in [-0.05, 0) is 37.8 Å². The van der Waals surface area contributed by atoms with Crippen molar-refractivity contribution in [2.75, 3.05) is 0 Å². The zero-order valence-corrected chi connectivity index (χ0v) is 12.1. The maximum atomic E-state index is 6.40. The van der Waals surface area contributed by atoms with Gasteiger partial charge in [-0.1, -0.05) is 37.5 Å². The molecule has 0 aromatic heterocycles. The van der Waals surface area contributed by atoms with Gasteiger partial charge in [0.1, 0.15) is 11.9 Å². The maximum absolute atomic E-state index is 6.40. The summed E-state index contributed by atoms with van der Waals surface area (Å²) in [5.41, 5.74) is 9.08. The number of ether oxygens (including phenoxy) is 1. The molecule has 0 amide bonds. The quantitative estimate of drug-likeness (QED) is 0.878. The number of aryl methyl sites for hydroxylation is 2. The molecule has 2 heteroatoms. The van der Waals surface area contributed by atoms with E-state index in [0.29, 0.717) is 12.1 Å². The van der Waals surface area contributed by atoms with Gasteiger partial charge in [0.2, 0.25) is 0 Å². The fourth-order valence-corrected chi connectivity index (χ4v) is 3.97.